The molecule has 122 valence electrons. The van der Waals surface area contributed by atoms with E-state index in [2.05, 4.69) is 20.3 Å². The van der Waals surface area contributed by atoms with Crippen molar-refractivity contribution in [3.8, 4) is 5.95 Å². The van der Waals surface area contributed by atoms with Crippen LogP contribution in [-0.2, 0) is 4.74 Å². The number of aromatic nitrogens is 4. The van der Waals surface area contributed by atoms with E-state index in [0.717, 1.165) is 32.3 Å². The number of carbonyl (C=O) groups excluding carboxylic acids is 1. The number of nitrogens with one attached hydrogen (secondary N) is 1. The molecule has 0 aromatic carbocycles. The van der Waals surface area contributed by atoms with Crippen LogP contribution in [0.1, 0.15) is 43.1 Å². The predicted molar refractivity (Wildman–Crippen MR) is 84.3 cm³/mol. The third-order valence-corrected chi connectivity index (χ3v) is 4.02. The normalized spacial score (nSPS) is 21.1. The summed E-state index contributed by atoms with van der Waals surface area (Å²) in [6.45, 7) is 2.76. The number of rotatable bonds is 5. The summed E-state index contributed by atoms with van der Waals surface area (Å²) >= 11 is 0. The number of amides is 1. The van der Waals surface area contributed by atoms with E-state index in [1.807, 2.05) is 6.92 Å². The number of imidazole rings is 1. The van der Waals surface area contributed by atoms with Crippen LogP contribution in [0, 0.1) is 0 Å². The molecule has 3 rings (SSSR count). The molecule has 0 bridgehead atoms. The molecule has 1 N–H and O–H groups in total. The maximum Gasteiger partial charge on any atom is 0.270 e. The van der Waals surface area contributed by atoms with E-state index in [0.29, 0.717) is 17.7 Å². The van der Waals surface area contributed by atoms with Gasteiger partial charge in [-0.15, -0.1) is 0 Å². The summed E-state index contributed by atoms with van der Waals surface area (Å²) in [5, 5.41) is 3.06. The van der Waals surface area contributed by atoms with Gasteiger partial charge in [-0.2, -0.15) is 0 Å². The molecule has 7 heteroatoms. The van der Waals surface area contributed by atoms with Crippen LogP contribution >= 0.6 is 0 Å². The highest BCUT2D eigenvalue weighted by atomic mass is 16.5. The molecule has 1 fully saturated rings. The van der Waals surface area contributed by atoms with Crippen LogP contribution in [-0.4, -0.2) is 44.2 Å². The van der Waals surface area contributed by atoms with Crippen molar-refractivity contribution in [2.75, 3.05) is 6.61 Å². The van der Waals surface area contributed by atoms with Crippen molar-refractivity contribution in [3.05, 3.63) is 36.7 Å². The van der Waals surface area contributed by atoms with Gasteiger partial charge in [0.25, 0.3) is 5.91 Å². The van der Waals surface area contributed by atoms with E-state index < -0.39 is 0 Å². The van der Waals surface area contributed by atoms with Gasteiger partial charge in [0.15, 0.2) is 0 Å². The Kier molecular flexibility index (Phi) is 4.97. The fourth-order valence-electron chi connectivity index (χ4n) is 2.85. The van der Waals surface area contributed by atoms with Gasteiger partial charge >= 0.3 is 0 Å². The Morgan fingerprint density at radius 2 is 2.17 bits per heavy atom. The van der Waals surface area contributed by atoms with E-state index in [1.54, 1.807) is 35.6 Å². The number of nitrogens with zero attached hydrogens (tertiary/aromatic N) is 4. The Labute approximate surface area is 135 Å². The Bertz CT molecular complexity index is 636. The topological polar surface area (TPSA) is 81.9 Å². The molecule has 0 aliphatic heterocycles. The lowest BCUT2D eigenvalue weighted by Crippen LogP contribution is -2.39. The average molecular weight is 315 g/mol. The summed E-state index contributed by atoms with van der Waals surface area (Å²) in [5.41, 5.74) is 0.371. The molecular formula is C16H21N5O2. The number of hydrogen-bond donors (Lipinski definition) is 1. The third kappa shape index (κ3) is 3.92. The van der Waals surface area contributed by atoms with Gasteiger partial charge in [0.05, 0.1) is 6.10 Å². The molecule has 1 aliphatic rings. The van der Waals surface area contributed by atoms with Crippen molar-refractivity contribution in [3.63, 3.8) is 0 Å². The molecule has 0 saturated heterocycles. The zero-order valence-electron chi connectivity index (χ0n) is 13.2. The van der Waals surface area contributed by atoms with Crippen molar-refractivity contribution < 1.29 is 9.53 Å². The second kappa shape index (κ2) is 7.32. The molecule has 7 nitrogen and oxygen atoms in total. The monoisotopic (exact) mass is 315 g/mol. The van der Waals surface area contributed by atoms with Gasteiger partial charge in [0, 0.05) is 31.2 Å². The van der Waals surface area contributed by atoms with Crippen LogP contribution in [0.2, 0.25) is 0 Å². The lowest BCUT2D eigenvalue weighted by atomic mass is 9.93. The van der Waals surface area contributed by atoms with Crippen LogP contribution in [0.4, 0.5) is 0 Å². The summed E-state index contributed by atoms with van der Waals surface area (Å²) in [6, 6.07) is 1.81. The fourth-order valence-corrected chi connectivity index (χ4v) is 2.85. The summed E-state index contributed by atoms with van der Waals surface area (Å²) in [6.07, 6.45) is 10.8. The van der Waals surface area contributed by atoms with E-state index in [-0.39, 0.29) is 11.9 Å². The second-order valence-electron chi connectivity index (χ2n) is 5.61. The van der Waals surface area contributed by atoms with Gasteiger partial charge in [-0.1, -0.05) is 0 Å². The van der Waals surface area contributed by atoms with E-state index in [4.69, 9.17) is 4.74 Å². The van der Waals surface area contributed by atoms with Crippen LogP contribution in [0.15, 0.2) is 31.0 Å². The molecule has 2 heterocycles. The van der Waals surface area contributed by atoms with E-state index in [1.165, 1.54) is 0 Å². The highest BCUT2D eigenvalue weighted by Gasteiger charge is 2.23. The number of ether oxygens (including phenoxy) is 1. The zero-order chi connectivity index (χ0) is 16.1. The highest BCUT2D eigenvalue weighted by molar-refractivity contribution is 5.92. The average Bonchev–Trinajstić information content (AvgIpc) is 3.12. The molecule has 2 aromatic heterocycles. The molecule has 23 heavy (non-hydrogen) atoms. The smallest absolute Gasteiger partial charge is 0.270 e. The quantitative estimate of drug-likeness (QED) is 0.909. The van der Waals surface area contributed by atoms with Crippen LogP contribution < -0.4 is 5.32 Å². The summed E-state index contributed by atoms with van der Waals surface area (Å²) in [5.74, 6) is 0.281. The first-order valence-electron chi connectivity index (χ1n) is 8.00. The Balaban J connectivity index is 1.60. The highest BCUT2D eigenvalue weighted by Crippen LogP contribution is 2.21. The largest absolute Gasteiger partial charge is 0.379 e. The minimum absolute atomic E-state index is 0.159. The van der Waals surface area contributed by atoms with Gasteiger partial charge in [-0.05, 0) is 38.7 Å². The maximum absolute atomic E-state index is 12.4. The molecule has 0 spiro atoms. The van der Waals surface area contributed by atoms with Crippen LogP contribution in [0.3, 0.4) is 0 Å². The molecule has 2 aromatic rings. The molecule has 0 atom stereocenters. The van der Waals surface area contributed by atoms with Crippen LogP contribution in [0.25, 0.3) is 5.95 Å². The van der Waals surface area contributed by atoms with E-state index >= 15 is 0 Å². The minimum atomic E-state index is -0.159. The molecule has 0 unspecified atom stereocenters. The number of carbonyl (C=O) groups is 1. The van der Waals surface area contributed by atoms with Crippen molar-refractivity contribution in [2.45, 2.75) is 44.8 Å². The van der Waals surface area contributed by atoms with E-state index in [9.17, 15) is 4.79 Å². The first-order chi connectivity index (χ1) is 11.3. The summed E-state index contributed by atoms with van der Waals surface area (Å²) in [7, 11) is 0. The SMILES string of the molecule is CCO[C@H]1CC[C@H](NC(=O)c2ccnc(-n3ccnc3)n2)CC1. The first kappa shape index (κ1) is 15.6. The third-order valence-electron chi connectivity index (χ3n) is 4.02. The Morgan fingerprint density at radius 1 is 1.35 bits per heavy atom. The van der Waals surface area contributed by atoms with Crippen molar-refractivity contribution in [1.82, 2.24) is 24.8 Å². The Hall–Kier alpha value is -2.28. The Morgan fingerprint density at radius 3 is 2.87 bits per heavy atom. The molecule has 1 aliphatic carbocycles. The lowest BCUT2D eigenvalue weighted by molar-refractivity contribution is 0.0300. The zero-order valence-corrected chi connectivity index (χ0v) is 13.2. The van der Waals surface area contributed by atoms with Gasteiger partial charge in [0.1, 0.15) is 12.0 Å². The van der Waals surface area contributed by atoms with Crippen molar-refractivity contribution in [1.29, 1.82) is 0 Å². The van der Waals surface area contributed by atoms with Crippen molar-refractivity contribution >= 4 is 5.91 Å². The van der Waals surface area contributed by atoms with Gasteiger partial charge in [-0.25, -0.2) is 15.0 Å². The summed E-state index contributed by atoms with van der Waals surface area (Å²) in [4.78, 5) is 24.8. The standard InChI is InChI=1S/C16H21N5O2/c1-2-23-13-5-3-12(4-6-13)19-15(22)14-7-8-18-16(20-14)21-10-9-17-11-21/h7-13H,2-6H2,1H3,(H,19,22)/t12-,13-. The van der Waals surface area contributed by atoms with Crippen LogP contribution in [0.5, 0.6) is 0 Å². The lowest BCUT2D eigenvalue weighted by Gasteiger charge is -2.28. The molecule has 1 amide bonds. The number of hydrogen-bond acceptors (Lipinski definition) is 5. The summed E-state index contributed by atoms with van der Waals surface area (Å²) < 4.78 is 7.31. The maximum atomic E-state index is 12.4. The molecular weight excluding hydrogens is 294 g/mol. The molecule has 0 radical (unpaired) electrons. The molecule has 1 saturated carbocycles. The predicted octanol–water partition coefficient (Wildman–Crippen LogP) is 1.74. The minimum Gasteiger partial charge on any atom is -0.379 e. The van der Waals surface area contributed by atoms with Gasteiger partial charge in [0.2, 0.25) is 5.95 Å². The van der Waals surface area contributed by atoms with Crippen molar-refractivity contribution in [2.24, 2.45) is 0 Å². The van der Waals surface area contributed by atoms with Gasteiger partial charge < -0.3 is 10.1 Å². The fraction of sp³-hybridized carbons (Fsp3) is 0.500. The van der Waals surface area contributed by atoms with Gasteiger partial charge in [-0.3, -0.25) is 9.36 Å². The first-order valence-corrected chi connectivity index (χ1v) is 8.00. The second-order valence-corrected chi connectivity index (χ2v) is 5.61.